The molecule has 0 amide bonds. The highest BCUT2D eigenvalue weighted by atomic mass is 16.6. The fourth-order valence-corrected chi connectivity index (χ4v) is 2.09. The molecule has 23 heavy (non-hydrogen) atoms. The lowest BCUT2D eigenvalue weighted by Crippen LogP contribution is -2.09. The van der Waals surface area contributed by atoms with Crippen LogP contribution >= 0.6 is 0 Å². The smallest absolute Gasteiger partial charge is 0.338 e. The van der Waals surface area contributed by atoms with E-state index < -0.39 is 17.0 Å². The minimum absolute atomic E-state index is 0.0330. The van der Waals surface area contributed by atoms with E-state index >= 15 is 0 Å². The van der Waals surface area contributed by atoms with Crippen molar-refractivity contribution in [3.8, 4) is 0 Å². The molecular weight excluding hydrogens is 298 g/mol. The van der Waals surface area contributed by atoms with Crippen LogP contribution in [0, 0.1) is 10.1 Å². The highest BCUT2D eigenvalue weighted by Gasteiger charge is 2.16. The molecule has 2 aromatic rings. The molecule has 0 saturated carbocycles. The first kappa shape index (κ1) is 16.6. The first-order chi connectivity index (χ1) is 11.0. The van der Waals surface area contributed by atoms with Gasteiger partial charge in [-0.05, 0) is 30.2 Å². The second kappa shape index (κ2) is 7.51. The summed E-state index contributed by atoms with van der Waals surface area (Å²) in [5.74, 6) is -0.479. The number of methoxy groups -OCH3 is 1. The van der Waals surface area contributed by atoms with Crippen molar-refractivity contribution in [1.82, 2.24) is 0 Å². The predicted octanol–water partition coefficient (Wildman–Crippen LogP) is 3.66. The predicted molar refractivity (Wildman–Crippen MR) is 84.1 cm³/mol. The summed E-state index contributed by atoms with van der Waals surface area (Å²) in [6.07, 6.45) is -0.582. The molecule has 1 unspecified atom stereocenters. The lowest BCUT2D eigenvalue weighted by molar-refractivity contribution is -0.385. The summed E-state index contributed by atoms with van der Waals surface area (Å²) in [6.45, 7) is 2.15. The number of nitro groups is 1. The molecule has 0 radical (unpaired) electrons. The lowest BCUT2D eigenvalue weighted by atomic mass is 10.1. The summed E-state index contributed by atoms with van der Waals surface area (Å²) < 4.78 is 10.4. The van der Waals surface area contributed by atoms with Crippen LogP contribution in [-0.4, -0.2) is 18.0 Å². The van der Waals surface area contributed by atoms with E-state index in [2.05, 4.69) is 0 Å². The molecule has 6 heteroatoms. The van der Waals surface area contributed by atoms with Crippen LogP contribution in [0.25, 0.3) is 0 Å². The Balaban J connectivity index is 2.07. The van der Waals surface area contributed by atoms with Gasteiger partial charge in [-0.2, -0.15) is 0 Å². The first-order valence-corrected chi connectivity index (χ1v) is 7.04. The molecule has 2 rings (SSSR count). The highest BCUT2D eigenvalue weighted by molar-refractivity contribution is 5.89. The Hall–Kier alpha value is -2.73. The second-order valence-electron chi connectivity index (χ2n) is 5.03. The molecule has 0 aromatic heterocycles. The number of ether oxygens (including phenoxy) is 2. The van der Waals surface area contributed by atoms with Crippen LogP contribution < -0.4 is 0 Å². The second-order valence-corrected chi connectivity index (χ2v) is 5.03. The minimum Gasteiger partial charge on any atom is -0.454 e. The molecule has 0 spiro atoms. The number of carbonyl (C=O) groups is 1. The molecule has 0 saturated heterocycles. The number of carbonyl (C=O) groups excluding carboxylic acids is 1. The van der Waals surface area contributed by atoms with Gasteiger partial charge in [-0.15, -0.1) is 0 Å². The molecule has 0 aliphatic heterocycles. The van der Waals surface area contributed by atoms with Gasteiger partial charge in [0.2, 0.25) is 0 Å². The largest absolute Gasteiger partial charge is 0.454 e. The van der Waals surface area contributed by atoms with Crippen molar-refractivity contribution in [3.05, 3.63) is 75.3 Å². The molecule has 1 atom stereocenters. The zero-order valence-corrected chi connectivity index (χ0v) is 12.9. The Morgan fingerprint density at radius 1 is 1.22 bits per heavy atom. The van der Waals surface area contributed by atoms with Gasteiger partial charge in [0.15, 0.2) is 0 Å². The first-order valence-electron chi connectivity index (χ1n) is 7.04. The summed E-state index contributed by atoms with van der Waals surface area (Å²) in [6, 6.07) is 13.0. The summed E-state index contributed by atoms with van der Waals surface area (Å²) in [4.78, 5) is 22.4. The fraction of sp³-hybridized carbons (Fsp3) is 0.235. The third-order valence-electron chi connectivity index (χ3n) is 3.33. The maximum absolute atomic E-state index is 12.1. The van der Waals surface area contributed by atoms with E-state index in [0.717, 1.165) is 5.56 Å². The van der Waals surface area contributed by atoms with E-state index in [0.29, 0.717) is 17.7 Å². The normalized spacial score (nSPS) is 11.7. The van der Waals surface area contributed by atoms with E-state index in [1.165, 1.54) is 12.1 Å². The van der Waals surface area contributed by atoms with E-state index in [-0.39, 0.29) is 5.69 Å². The van der Waals surface area contributed by atoms with Gasteiger partial charge in [-0.25, -0.2) is 4.79 Å². The van der Waals surface area contributed by atoms with E-state index in [1.807, 2.05) is 0 Å². The molecule has 0 fully saturated rings. The number of hydrogen-bond donors (Lipinski definition) is 0. The summed E-state index contributed by atoms with van der Waals surface area (Å²) >= 11 is 0. The maximum Gasteiger partial charge on any atom is 0.338 e. The summed E-state index contributed by atoms with van der Waals surface area (Å²) in [5, 5.41) is 10.8. The molecule has 0 heterocycles. The zero-order chi connectivity index (χ0) is 16.8. The monoisotopic (exact) mass is 315 g/mol. The average molecular weight is 315 g/mol. The standard InChI is InChI=1S/C17H17NO5/c1-12(15-4-3-5-16(10-15)18(20)21)23-17(19)14-8-6-13(7-9-14)11-22-2/h3-10,12H,11H2,1-2H3. The summed E-state index contributed by atoms with van der Waals surface area (Å²) in [7, 11) is 1.60. The van der Waals surface area contributed by atoms with E-state index in [4.69, 9.17) is 9.47 Å². The van der Waals surface area contributed by atoms with Crippen molar-refractivity contribution in [2.45, 2.75) is 19.6 Å². The highest BCUT2D eigenvalue weighted by Crippen LogP contribution is 2.22. The van der Waals surface area contributed by atoms with Crippen molar-refractivity contribution < 1.29 is 19.2 Å². The number of benzene rings is 2. The van der Waals surface area contributed by atoms with Gasteiger partial charge in [0, 0.05) is 19.2 Å². The maximum atomic E-state index is 12.1. The van der Waals surface area contributed by atoms with Gasteiger partial charge in [-0.1, -0.05) is 24.3 Å². The Bertz CT molecular complexity index is 696. The lowest BCUT2D eigenvalue weighted by Gasteiger charge is -2.13. The number of esters is 1. The molecular formula is C17H17NO5. The van der Waals surface area contributed by atoms with E-state index in [1.54, 1.807) is 50.4 Å². The topological polar surface area (TPSA) is 78.7 Å². The number of nitrogens with zero attached hydrogens (tertiary/aromatic N) is 1. The van der Waals surface area contributed by atoms with Gasteiger partial charge in [0.25, 0.3) is 5.69 Å². The van der Waals surface area contributed by atoms with Crippen molar-refractivity contribution in [2.75, 3.05) is 7.11 Å². The minimum atomic E-state index is -0.582. The molecule has 2 aromatic carbocycles. The van der Waals surface area contributed by atoms with Crippen LogP contribution in [0.4, 0.5) is 5.69 Å². The molecule has 6 nitrogen and oxygen atoms in total. The Labute approximate surface area is 133 Å². The van der Waals surface area contributed by atoms with Gasteiger partial charge < -0.3 is 9.47 Å². The molecule has 0 N–H and O–H groups in total. The van der Waals surface area contributed by atoms with Crippen LogP contribution in [-0.2, 0) is 16.1 Å². The third kappa shape index (κ3) is 4.37. The zero-order valence-electron chi connectivity index (χ0n) is 12.9. The Kier molecular flexibility index (Phi) is 5.43. The van der Waals surface area contributed by atoms with Gasteiger partial charge >= 0.3 is 5.97 Å². The molecule has 0 aliphatic rings. The number of non-ortho nitro benzene ring substituents is 1. The van der Waals surface area contributed by atoms with Crippen molar-refractivity contribution in [1.29, 1.82) is 0 Å². The summed E-state index contributed by atoms with van der Waals surface area (Å²) in [5.41, 5.74) is 1.91. The number of hydrogen-bond acceptors (Lipinski definition) is 5. The fourth-order valence-electron chi connectivity index (χ4n) is 2.09. The van der Waals surface area contributed by atoms with E-state index in [9.17, 15) is 14.9 Å². The molecule has 0 aliphatic carbocycles. The third-order valence-corrected chi connectivity index (χ3v) is 3.33. The quantitative estimate of drug-likeness (QED) is 0.462. The van der Waals surface area contributed by atoms with Crippen LogP contribution in [0.3, 0.4) is 0 Å². The van der Waals surface area contributed by atoms with Crippen LogP contribution in [0.15, 0.2) is 48.5 Å². The molecule has 120 valence electrons. The van der Waals surface area contributed by atoms with Crippen LogP contribution in [0.1, 0.15) is 34.5 Å². The van der Waals surface area contributed by atoms with Crippen molar-refractivity contribution in [2.24, 2.45) is 0 Å². The van der Waals surface area contributed by atoms with Gasteiger partial charge in [0.05, 0.1) is 17.1 Å². The van der Waals surface area contributed by atoms with Crippen LogP contribution in [0.5, 0.6) is 0 Å². The number of nitro benzene ring substituents is 1. The SMILES string of the molecule is COCc1ccc(C(=O)OC(C)c2cccc([N+](=O)[O-])c2)cc1. The Morgan fingerprint density at radius 3 is 2.52 bits per heavy atom. The molecule has 0 bridgehead atoms. The van der Waals surface area contributed by atoms with Crippen molar-refractivity contribution >= 4 is 11.7 Å². The van der Waals surface area contributed by atoms with Crippen LogP contribution in [0.2, 0.25) is 0 Å². The number of rotatable bonds is 6. The van der Waals surface area contributed by atoms with Gasteiger partial charge in [-0.3, -0.25) is 10.1 Å². The van der Waals surface area contributed by atoms with Crippen molar-refractivity contribution in [3.63, 3.8) is 0 Å². The Morgan fingerprint density at radius 2 is 1.91 bits per heavy atom. The average Bonchev–Trinajstić information content (AvgIpc) is 2.55. The van der Waals surface area contributed by atoms with Gasteiger partial charge in [0.1, 0.15) is 6.10 Å².